The van der Waals surface area contributed by atoms with Gasteiger partial charge in [-0.25, -0.2) is 0 Å². The summed E-state index contributed by atoms with van der Waals surface area (Å²) in [7, 11) is 0. The van der Waals surface area contributed by atoms with Crippen LogP contribution in [0.3, 0.4) is 0 Å². The molecule has 3 unspecified atom stereocenters. The van der Waals surface area contributed by atoms with Gasteiger partial charge in [0.15, 0.2) is 0 Å². The molecular formula is C18H34N2. The molecule has 0 amide bonds. The molecule has 2 N–H and O–H groups in total. The van der Waals surface area contributed by atoms with E-state index in [2.05, 4.69) is 18.7 Å². The van der Waals surface area contributed by atoms with Gasteiger partial charge in [0.2, 0.25) is 0 Å². The van der Waals surface area contributed by atoms with Crippen LogP contribution in [0.5, 0.6) is 0 Å². The monoisotopic (exact) mass is 278 g/mol. The SMILES string of the molecule is CC1(C)CCCCC1(CN)N1CCCC2CCCCC21. The van der Waals surface area contributed by atoms with E-state index in [1.54, 1.807) is 0 Å². The average Bonchev–Trinajstić information content (AvgIpc) is 2.47. The minimum atomic E-state index is 0.284. The fraction of sp³-hybridized carbons (Fsp3) is 1.00. The summed E-state index contributed by atoms with van der Waals surface area (Å²) in [5.74, 6) is 0.971. The van der Waals surface area contributed by atoms with Crippen LogP contribution in [0.2, 0.25) is 0 Å². The topological polar surface area (TPSA) is 29.3 Å². The summed E-state index contributed by atoms with van der Waals surface area (Å²) in [5, 5.41) is 0. The van der Waals surface area contributed by atoms with Crippen LogP contribution in [0.15, 0.2) is 0 Å². The van der Waals surface area contributed by atoms with Crippen LogP contribution in [0, 0.1) is 11.3 Å². The van der Waals surface area contributed by atoms with Gasteiger partial charge >= 0.3 is 0 Å². The number of fused-ring (bicyclic) bond motifs is 1. The lowest BCUT2D eigenvalue weighted by atomic mass is 9.60. The number of piperidine rings is 1. The highest BCUT2D eigenvalue weighted by Gasteiger charge is 2.53. The molecule has 0 aromatic rings. The van der Waals surface area contributed by atoms with E-state index in [0.29, 0.717) is 5.41 Å². The Balaban J connectivity index is 1.90. The van der Waals surface area contributed by atoms with Gasteiger partial charge in [-0.1, -0.05) is 39.5 Å². The van der Waals surface area contributed by atoms with Crippen molar-refractivity contribution in [3.05, 3.63) is 0 Å². The lowest BCUT2D eigenvalue weighted by Crippen LogP contribution is -2.68. The fourth-order valence-corrected chi connectivity index (χ4v) is 5.74. The molecule has 116 valence electrons. The third-order valence-corrected chi connectivity index (χ3v) is 7.03. The van der Waals surface area contributed by atoms with E-state index in [1.807, 2.05) is 0 Å². The van der Waals surface area contributed by atoms with E-state index in [4.69, 9.17) is 5.73 Å². The highest BCUT2D eigenvalue weighted by atomic mass is 15.3. The summed E-state index contributed by atoms with van der Waals surface area (Å²) >= 11 is 0. The quantitative estimate of drug-likeness (QED) is 0.829. The van der Waals surface area contributed by atoms with Crippen LogP contribution in [-0.2, 0) is 0 Å². The number of hydrogen-bond donors (Lipinski definition) is 1. The van der Waals surface area contributed by atoms with Crippen molar-refractivity contribution in [2.24, 2.45) is 17.1 Å². The van der Waals surface area contributed by atoms with Crippen molar-refractivity contribution >= 4 is 0 Å². The minimum absolute atomic E-state index is 0.284. The van der Waals surface area contributed by atoms with Crippen LogP contribution in [0.25, 0.3) is 0 Å². The van der Waals surface area contributed by atoms with Crippen molar-refractivity contribution in [2.45, 2.75) is 89.6 Å². The first-order valence-electron chi connectivity index (χ1n) is 9.08. The number of hydrogen-bond acceptors (Lipinski definition) is 2. The predicted octanol–water partition coefficient (Wildman–Crippen LogP) is 3.94. The second-order valence-electron chi connectivity index (χ2n) is 8.27. The van der Waals surface area contributed by atoms with Gasteiger partial charge in [-0.15, -0.1) is 0 Å². The second-order valence-corrected chi connectivity index (χ2v) is 8.27. The zero-order valence-corrected chi connectivity index (χ0v) is 13.7. The molecule has 0 aromatic heterocycles. The maximum atomic E-state index is 6.42. The Morgan fingerprint density at radius 3 is 2.40 bits per heavy atom. The standard InChI is InChI=1S/C18H34N2/c1-17(2)11-5-6-12-18(17,14-19)20-13-7-9-15-8-3-4-10-16(15)20/h15-16H,3-14,19H2,1-2H3. The molecule has 2 aliphatic carbocycles. The molecule has 0 radical (unpaired) electrons. The van der Waals surface area contributed by atoms with Crippen molar-refractivity contribution in [3.63, 3.8) is 0 Å². The van der Waals surface area contributed by atoms with E-state index < -0.39 is 0 Å². The molecular weight excluding hydrogens is 244 g/mol. The highest BCUT2D eigenvalue weighted by Crippen LogP contribution is 2.51. The summed E-state index contributed by atoms with van der Waals surface area (Å²) in [4.78, 5) is 2.93. The van der Waals surface area contributed by atoms with Gasteiger partial charge in [0.05, 0.1) is 0 Å². The predicted molar refractivity (Wildman–Crippen MR) is 85.7 cm³/mol. The molecule has 3 atom stereocenters. The summed E-state index contributed by atoms with van der Waals surface area (Å²) in [6.45, 7) is 7.15. The number of likely N-dealkylation sites (tertiary alicyclic amines) is 1. The Bertz CT molecular complexity index is 336. The Labute approximate surface area is 125 Å². The maximum Gasteiger partial charge on any atom is 0.0385 e. The van der Waals surface area contributed by atoms with E-state index in [1.165, 1.54) is 70.8 Å². The molecule has 3 fully saturated rings. The summed E-state index contributed by atoms with van der Waals surface area (Å²) in [6.07, 6.45) is 14.2. The first-order valence-corrected chi connectivity index (χ1v) is 9.08. The van der Waals surface area contributed by atoms with Crippen LogP contribution in [0.1, 0.15) is 78.1 Å². The first-order chi connectivity index (χ1) is 9.61. The Morgan fingerprint density at radius 1 is 0.950 bits per heavy atom. The van der Waals surface area contributed by atoms with Gasteiger partial charge in [-0.2, -0.15) is 0 Å². The molecule has 0 aromatic carbocycles. The molecule has 1 aliphatic heterocycles. The zero-order valence-electron chi connectivity index (χ0n) is 13.7. The largest absolute Gasteiger partial charge is 0.329 e. The Hall–Kier alpha value is -0.0800. The van der Waals surface area contributed by atoms with E-state index in [-0.39, 0.29) is 5.54 Å². The number of nitrogens with zero attached hydrogens (tertiary/aromatic N) is 1. The Kier molecular flexibility index (Phi) is 4.16. The zero-order chi connectivity index (χ0) is 14.2. The van der Waals surface area contributed by atoms with E-state index >= 15 is 0 Å². The third-order valence-electron chi connectivity index (χ3n) is 7.03. The third kappa shape index (κ3) is 2.23. The lowest BCUT2D eigenvalue weighted by Gasteiger charge is -2.61. The van der Waals surface area contributed by atoms with Crippen molar-refractivity contribution in [2.75, 3.05) is 13.1 Å². The van der Waals surface area contributed by atoms with Crippen LogP contribution in [0.4, 0.5) is 0 Å². The summed E-state index contributed by atoms with van der Waals surface area (Å²) in [6, 6.07) is 0.846. The normalized spacial score (nSPS) is 42.1. The molecule has 1 saturated heterocycles. The minimum Gasteiger partial charge on any atom is -0.329 e. The maximum absolute atomic E-state index is 6.42. The fourth-order valence-electron chi connectivity index (χ4n) is 5.74. The highest BCUT2D eigenvalue weighted by molar-refractivity contribution is 5.08. The molecule has 0 bridgehead atoms. The van der Waals surface area contributed by atoms with E-state index in [9.17, 15) is 0 Å². The van der Waals surface area contributed by atoms with Gasteiger partial charge in [-0.3, -0.25) is 4.90 Å². The van der Waals surface area contributed by atoms with E-state index in [0.717, 1.165) is 18.5 Å². The molecule has 1 heterocycles. The lowest BCUT2D eigenvalue weighted by molar-refractivity contribution is -0.103. The van der Waals surface area contributed by atoms with Crippen molar-refractivity contribution in [1.82, 2.24) is 4.90 Å². The van der Waals surface area contributed by atoms with Gasteiger partial charge in [0.1, 0.15) is 0 Å². The van der Waals surface area contributed by atoms with Gasteiger partial charge in [-0.05, 0) is 56.4 Å². The van der Waals surface area contributed by atoms with Crippen molar-refractivity contribution in [3.8, 4) is 0 Å². The summed E-state index contributed by atoms with van der Waals surface area (Å²) in [5.41, 5.74) is 7.10. The van der Waals surface area contributed by atoms with Crippen LogP contribution in [-0.4, -0.2) is 29.6 Å². The molecule has 0 spiro atoms. The van der Waals surface area contributed by atoms with Crippen molar-refractivity contribution in [1.29, 1.82) is 0 Å². The van der Waals surface area contributed by atoms with Crippen LogP contribution < -0.4 is 5.73 Å². The van der Waals surface area contributed by atoms with Crippen LogP contribution >= 0.6 is 0 Å². The molecule has 2 nitrogen and oxygen atoms in total. The molecule has 2 heteroatoms. The molecule has 3 aliphatic rings. The molecule has 2 saturated carbocycles. The molecule has 3 rings (SSSR count). The van der Waals surface area contributed by atoms with Crippen molar-refractivity contribution < 1.29 is 0 Å². The average molecular weight is 278 g/mol. The van der Waals surface area contributed by atoms with Gasteiger partial charge in [0.25, 0.3) is 0 Å². The summed E-state index contributed by atoms with van der Waals surface area (Å²) < 4.78 is 0. The second kappa shape index (κ2) is 5.61. The molecule has 20 heavy (non-hydrogen) atoms. The van der Waals surface area contributed by atoms with Gasteiger partial charge in [0, 0.05) is 18.1 Å². The number of nitrogens with two attached hydrogens (primary N) is 1. The van der Waals surface area contributed by atoms with Gasteiger partial charge < -0.3 is 5.73 Å². The Morgan fingerprint density at radius 2 is 1.65 bits per heavy atom. The first kappa shape index (κ1) is 14.8. The number of rotatable bonds is 2. The smallest absolute Gasteiger partial charge is 0.0385 e.